The molecule has 458 valence electrons. The fourth-order valence-electron chi connectivity index (χ4n) is 5.68. The number of aromatic carboxylic acids is 1. The summed E-state index contributed by atoms with van der Waals surface area (Å²) in [6.45, 7) is 19.9. The standard InChI is InChI=1S/C19H19NO5S.C14H14O5.C13H16N2O6S.C13H15NO5/c1-14(2)19(22)25-13-12-18(21)15-8-10-17(11-9-15)26(23,24)20-16-6-4-3-5-7-16;1-9(2)14(18)19-8-7-12(15)10-3-5-11(6-4-10)13(16)17;1-9(2)12(16)20-8-7-15-13(17)21-10-3-5-11(6-4-10)22(14,18)19;1-9(2)12(16)18-8-7-14-13(17)19-11-5-3-10(15)4-6-11/h3-11,20H,1,12-13H2,2H3;3-6H,1,7-8H2,2H3,(H,16,17);3-6H,1,7-8H2,2H3,(H,15,17)(H2,14,18,19);3-6,15H,1,7-8H2,2H3,(H,14,17). The van der Waals surface area contributed by atoms with Gasteiger partial charge in [-0.1, -0.05) is 68.8 Å². The number of para-hydroxylation sites is 1. The zero-order valence-electron chi connectivity index (χ0n) is 47.2. The average Bonchev–Trinajstić information content (AvgIpc) is 3.32. The molecule has 0 unspecified atom stereocenters. The molecule has 0 aliphatic heterocycles. The Bertz CT molecular complexity index is 3460. The second-order valence-corrected chi connectivity index (χ2v) is 20.8. The van der Waals surface area contributed by atoms with Gasteiger partial charge in [0.25, 0.3) is 10.0 Å². The summed E-state index contributed by atoms with van der Waals surface area (Å²) in [6, 6.07) is 30.4. The number of carboxylic acid groups (broad SMARTS) is 1. The first-order chi connectivity index (χ1) is 40.4. The molecule has 0 aliphatic rings. The molecule has 0 bridgehead atoms. The maximum Gasteiger partial charge on any atom is 0.412 e. The number of ether oxygens (including phenoxy) is 6. The van der Waals surface area contributed by atoms with Gasteiger partial charge in [-0.2, -0.15) is 0 Å². The molecule has 27 heteroatoms. The first-order valence-corrected chi connectivity index (χ1v) is 28.1. The van der Waals surface area contributed by atoms with Crippen molar-refractivity contribution in [3.05, 3.63) is 193 Å². The SMILES string of the molecule is C=C(C)C(=O)OCCC(=O)c1ccc(C(=O)O)cc1.C=C(C)C(=O)OCCC(=O)c1ccc(S(=O)(=O)Nc2ccccc2)cc1.C=C(C)C(=O)OCCNC(=O)Oc1ccc(O)cc1.C=C(C)C(=O)OCCNC(=O)Oc1ccc(S(N)(=O)=O)cc1. The average molecular weight is 1230 g/mol. The van der Waals surface area contributed by atoms with Crippen LogP contribution in [-0.4, -0.2) is 120 Å². The zero-order chi connectivity index (χ0) is 64.6. The van der Waals surface area contributed by atoms with E-state index in [0.717, 1.165) is 0 Å². The van der Waals surface area contributed by atoms with Crippen LogP contribution < -0.4 is 30.0 Å². The zero-order valence-corrected chi connectivity index (χ0v) is 48.8. The number of carboxylic acids is 1. The van der Waals surface area contributed by atoms with E-state index in [1.165, 1.54) is 125 Å². The summed E-state index contributed by atoms with van der Waals surface area (Å²) in [4.78, 5) is 102. The number of primary sulfonamides is 1. The Morgan fingerprint density at radius 2 is 0.802 bits per heavy atom. The van der Waals surface area contributed by atoms with E-state index in [2.05, 4.69) is 41.7 Å². The van der Waals surface area contributed by atoms with Crippen LogP contribution >= 0.6 is 0 Å². The second-order valence-electron chi connectivity index (χ2n) is 17.5. The van der Waals surface area contributed by atoms with Crippen LogP contribution in [0.4, 0.5) is 15.3 Å². The molecule has 5 aromatic rings. The Morgan fingerprint density at radius 3 is 1.16 bits per heavy atom. The monoisotopic (exact) mass is 1230 g/mol. The van der Waals surface area contributed by atoms with Crippen molar-refractivity contribution < 1.29 is 98.6 Å². The molecule has 0 aliphatic carbocycles. The van der Waals surface area contributed by atoms with Crippen molar-refractivity contribution in [2.45, 2.75) is 50.3 Å². The predicted molar refractivity (Wildman–Crippen MR) is 312 cm³/mol. The van der Waals surface area contributed by atoms with E-state index in [1.54, 1.807) is 30.3 Å². The molecule has 2 amide bonds. The summed E-state index contributed by atoms with van der Waals surface area (Å²) < 4.78 is 78.3. The van der Waals surface area contributed by atoms with Crippen molar-refractivity contribution in [1.29, 1.82) is 0 Å². The number of nitrogens with two attached hydrogens (primary N) is 1. The summed E-state index contributed by atoms with van der Waals surface area (Å²) in [5.74, 6) is -3.12. The molecule has 5 rings (SSSR count). The maximum absolute atomic E-state index is 12.3. The van der Waals surface area contributed by atoms with E-state index in [1.807, 2.05) is 0 Å². The highest BCUT2D eigenvalue weighted by Crippen LogP contribution is 2.19. The Hall–Kier alpha value is -10.2. The topological polar surface area (TPSA) is 380 Å². The number of phenols is 1. The number of Topliss-reactive ketones (excluding diaryl/α,β-unsaturated/α-hetero) is 2. The van der Waals surface area contributed by atoms with Crippen LogP contribution in [0.2, 0.25) is 0 Å². The lowest BCUT2D eigenvalue weighted by molar-refractivity contribution is -0.139. The number of aromatic hydroxyl groups is 1. The van der Waals surface area contributed by atoms with Gasteiger partial charge in [-0.05, 0) is 113 Å². The van der Waals surface area contributed by atoms with Gasteiger partial charge >= 0.3 is 42.0 Å². The molecule has 0 spiro atoms. The molecule has 0 fully saturated rings. The molecule has 0 atom stereocenters. The Labute approximate surface area is 496 Å². The second kappa shape index (κ2) is 36.4. The molecule has 0 saturated heterocycles. The number of phenolic OH excluding ortho intramolecular Hbond substituents is 1. The predicted octanol–water partition coefficient (Wildman–Crippen LogP) is 7.40. The van der Waals surface area contributed by atoms with Crippen LogP contribution in [0.5, 0.6) is 17.2 Å². The summed E-state index contributed by atoms with van der Waals surface area (Å²) >= 11 is 0. The molecule has 7 N–H and O–H groups in total. The third-order valence-electron chi connectivity index (χ3n) is 10.1. The van der Waals surface area contributed by atoms with Gasteiger partial charge in [0.05, 0.1) is 41.7 Å². The van der Waals surface area contributed by atoms with E-state index in [-0.39, 0.29) is 107 Å². The van der Waals surface area contributed by atoms with Crippen LogP contribution in [0.15, 0.2) is 186 Å². The first kappa shape index (κ1) is 71.9. The van der Waals surface area contributed by atoms with Crippen LogP contribution in [0, 0.1) is 0 Å². The number of carbonyl (C=O) groups excluding carboxylic acids is 8. The van der Waals surface area contributed by atoms with Crippen LogP contribution in [0.1, 0.15) is 71.6 Å². The number of nitrogens with one attached hydrogen (secondary N) is 3. The number of hydrogen-bond donors (Lipinski definition) is 6. The molecule has 86 heavy (non-hydrogen) atoms. The third-order valence-corrected chi connectivity index (χ3v) is 12.4. The van der Waals surface area contributed by atoms with Crippen molar-refractivity contribution >= 4 is 79.3 Å². The molecule has 0 radical (unpaired) electrons. The van der Waals surface area contributed by atoms with E-state index < -0.39 is 62.1 Å². The number of ketones is 2. The van der Waals surface area contributed by atoms with Gasteiger partial charge in [0, 0.05) is 51.9 Å². The Balaban J connectivity index is 0.000000395. The van der Waals surface area contributed by atoms with Gasteiger partial charge < -0.3 is 49.3 Å². The largest absolute Gasteiger partial charge is 0.508 e. The van der Waals surface area contributed by atoms with E-state index in [9.17, 15) is 60.0 Å². The third kappa shape index (κ3) is 28.6. The van der Waals surface area contributed by atoms with Crippen LogP contribution in [0.25, 0.3) is 0 Å². The van der Waals surface area contributed by atoms with Crippen molar-refractivity contribution in [3.63, 3.8) is 0 Å². The lowest BCUT2D eigenvalue weighted by Crippen LogP contribution is -2.30. The molecule has 5 aromatic carbocycles. The van der Waals surface area contributed by atoms with Gasteiger partial charge in [0.15, 0.2) is 11.6 Å². The molecule has 0 saturated carbocycles. The van der Waals surface area contributed by atoms with Crippen LogP contribution in [-0.2, 0) is 58.2 Å². The number of amides is 2. The number of hydrogen-bond acceptors (Lipinski definition) is 20. The minimum absolute atomic E-state index is 0.00732. The van der Waals surface area contributed by atoms with Gasteiger partial charge in [-0.3, -0.25) is 14.3 Å². The smallest absolute Gasteiger partial charge is 0.412 e. The summed E-state index contributed by atoms with van der Waals surface area (Å²) in [5.41, 5.74) is 2.39. The quantitative estimate of drug-likeness (QED) is 0.0109. The van der Waals surface area contributed by atoms with Crippen molar-refractivity contribution in [3.8, 4) is 17.2 Å². The Morgan fingerprint density at radius 1 is 0.465 bits per heavy atom. The molecular weight excluding hydrogens is 1160 g/mol. The summed E-state index contributed by atoms with van der Waals surface area (Å²) in [6.07, 6.45) is -1.38. The van der Waals surface area contributed by atoms with Crippen molar-refractivity contribution in [2.75, 3.05) is 44.2 Å². The fraction of sp³-hybridized carbons (Fsp3) is 0.203. The number of benzene rings is 5. The van der Waals surface area contributed by atoms with E-state index in [0.29, 0.717) is 28.1 Å². The minimum Gasteiger partial charge on any atom is -0.508 e. The number of esters is 4. The molecule has 0 heterocycles. The highest BCUT2D eigenvalue weighted by atomic mass is 32.2. The number of rotatable bonds is 25. The summed E-state index contributed by atoms with van der Waals surface area (Å²) in [7, 11) is -7.53. The number of sulfonamides is 2. The molecule has 0 aromatic heterocycles. The van der Waals surface area contributed by atoms with Crippen LogP contribution in [0.3, 0.4) is 0 Å². The number of anilines is 1. The van der Waals surface area contributed by atoms with Crippen molar-refractivity contribution in [1.82, 2.24) is 10.6 Å². The first-order valence-electron chi connectivity index (χ1n) is 25.1. The molecular formula is C59H64N4O21S2. The maximum atomic E-state index is 12.3. The van der Waals surface area contributed by atoms with E-state index in [4.69, 9.17) is 43.8 Å². The normalized spacial score (nSPS) is 10.2. The van der Waals surface area contributed by atoms with Gasteiger partial charge in [0.1, 0.15) is 30.5 Å². The summed E-state index contributed by atoms with van der Waals surface area (Å²) in [5, 5.41) is 27.5. The Kier molecular flexibility index (Phi) is 30.4. The highest BCUT2D eigenvalue weighted by molar-refractivity contribution is 7.92. The van der Waals surface area contributed by atoms with Crippen molar-refractivity contribution in [2.24, 2.45) is 5.14 Å². The number of carbonyl (C=O) groups is 9. The molecule has 25 nitrogen and oxygen atoms in total. The van der Waals surface area contributed by atoms with E-state index >= 15 is 0 Å². The lowest BCUT2D eigenvalue weighted by atomic mass is 10.1. The fourth-order valence-corrected chi connectivity index (χ4v) is 7.26. The lowest BCUT2D eigenvalue weighted by Gasteiger charge is -2.09. The highest BCUT2D eigenvalue weighted by Gasteiger charge is 2.17. The van der Waals surface area contributed by atoms with Gasteiger partial charge in [0.2, 0.25) is 10.0 Å². The van der Waals surface area contributed by atoms with Gasteiger partial charge in [-0.15, -0.1) is 0 Å². The minimum atomic E-state index is -3.79. The van der Waals surface area contributed by atoms with Gasteiger partial charge in [-0.25, -0.2) is 55.5 Å².